The van der Waals surface area contributed by atoms with Crippen LogP contribution in [0.3, 0.4) is 0 Å². The number of thiophene rings is 1. The van der Waals surface area contributed by atoms with Crippen LogP contribution in [-0.4, -0.2) is 16.8 Å². The molecular formula is C15H13NO3S. The van der Waals surface area contributed by atoms with Crippen molar-refractivity contribution in [3.05, 3.63) is 57.3 Å². The Morgan fingerprint density at radius 1 is 1.25 bits per heavy atom. The van der Waals surface area contributed by atoms with E-state index < -0.39 is 5.97 Å². The normalized spacial score (nSPS) is 15.3. The standard InChI is InChI=1S/C15H13NO3S/c17-15(18)14-8-6-11(20-14)9-19-16-13-7-5-10-3-1-2-4-12(10)13/h1-4,6,8H,5,7,9H2,(H,17,18). The van der Waals surface area contributed by atoms with Crippen LogP contribution in [0.5, 0.6) is 0 Å². The van der Waals surface area contributed by atoms with Crippen LogP contribution in [0.1, 0.15) is 32.1 Å². The molecule has 0 unspecified atom stereocenters. The Labute approximate surface area is 120 Å². The molecule has 0 fully saturated rings. The number of aryl methyl sites for hydroxylation is 1. The third-order valence-corrected chi connectivity index (χ3v) is 4.26. The number of hydrogen-bond donors (Lipinski definition) is 1. The molecule has 0 aliphatic heterocycles. The number of carbonyl (C=O) groups is 1. The van der Waals surface area contributed by atoms with E-state index in [1.165, 1.54) is 16.9 Å². The number of carboxylic acids is 1. The molecule has 1 N–H and O–H groups in total. The fourth-order valence-electron chi connectivity index (χ4n) is 2.25. The zero-order valence-corrected chi connectivity index (χ0v) is 11.5. The molecule has 0 radical (unpaired) electrons. The summed E-state index contributed by atoms with van der Waals surface area (Å²) in [6.07, 6.45) is 1.89. The van der Waals surface area contributed by atoms with Crippen molar-refractivity contribution in [1.29, 1.82) is 0 Å². The smallest absolute Gasteiger partial charge is 0.345 e. The van der Waals surface area contributed by atoms with Gasteiger partial charge in [-0.1, -0.05) is 29.4 Å². The van der Waals surface area contributed by atoms with Gasteiger partial charge in [-0.25, -0.2) is 4.79 Å². The molecule has 2 aromatic rings. The molecule has 0 saturated carbocycles. The molecular weight excluding hydrogens is 274 g/mol. The van der Waals surface area contributed by atoms with Crippen molar-refractivity contribution in [2.75, 3.05) is 0 Å². The van der Waals surface area contributed by atoms with Gasteiger partial charge >= 0.3 is 5.97 Å². The Balaban J connectivity index is 1.65. The van der Waals surface area contributed by atoms with Gasteiger partial charge in [-0.05, 0) is 30.5 Å². The van der Waals surface area contributed by atoms with E-state index >= 15 is 0 Å². The first kappa shape index (κ1) is 12.9. The van der Waals surface area contributed by atoms with Crippen LogP contribution in [-0.2, 0) is 17.9 Å². The molecule has 1 aromatic heterocycles. The molecule has 1 aromatic carbocycles. The number of fused-ring (bicyclic) bond motifs is 1. The molecule has 4 nitrogen and oxygen atoms in total. The highest BCUT2D eigenvalue weighted by Crippen LogP contribution is 2.23. The average molecular weight is 287 g/mol. The minimum Gasteiger partial charge on any atom is -0.477 e. The zero-order valence-electron chi connectivity index (χ0n) is 10.7. The lowest BCUT2D eigenvalue weighted by Gasteiger charge is -2.00. The molecule has 3 rings (SSSR count). The van der Waals surface area contributed by atoms with Crippen molar-refractivity contribution >= 4 is 23.0 Å². The molecule has 5 heteroatoms. The van der Waals surface area contributed by atoms with E-state index in [0.717, 1.165) is 29.0 Å². The van der Waals surface area contributed by atoms with Gasteiger partial charge in [-0.2, -0.15) is 0 Å². The lowest BCUT2D eigenvalue weighted by atomic mass is 10.1. The summed E-state index contributed by atoms with van der Waals surface area (Å²) in [6.45, 7) is 0.309. The number of nitrogens with zero attached hydrogens (tertiary/aromatic N) is 1. The van der Waals surface area contributed by atoms with E-state index in [1.807, 2.05) is 12.1 Å². The highest BCUT2D eigenvalue weighted by atomic mass is 32.1. The summed E-state index contributed by atoms with van der Waals surface area (Å²) in [6, 6.07) is 11.5. The lowest BCUT2D eigenvalue weighted by Crippen LogP contribution is -1.96. The van der Waals surface area contributed by atoms with Crippen molar-refractivity contribution in [3.8, 4) is 0 Å². The predicted molar refractivity (Wildman–Crippen MR) is 77.4 cm³/mol. The van der Waals surface area contributed by atoms with Crippen molar-refractivity contribution in [1.82, 2.24) is 0 Å². The number of rotatable bonds is 4. The molecule has 0 spiro atoms. The highest BCUT2D eigenvalue weighted by molar-refractivity contribution is 7.13. The van der Waals surface area contributed by atoms with E-state index in [4.69, 9.17) is 9.94 Å². The molecule has 0 bridgehead atoms. The van der Waals surface area contributed by atoms with E-state index in [9.17, 15) is 4.79 Å². The number of oxime groups is 1. The number of aromatic carboxylic acids is 1. The number of benzene rings is 1. The van der Waals surface area contributed by atoms with Crippen LogP contribution in [0, 0.1) is 0 Å². The molecule has 20 heavy (non-hydrogen) atoms. The summed E-state index contributed by atoms with van der Waals surface area (Å²) in [5.41, 5.74) is 3.43. The van der Waals surface area contributed by atoms with Gasteiger partial charge in [0.2, 0.25) is 0 Å². The van der Waals surface area contributed by atoms with Gasteiger partial charge < -0.3 is 9.94 Å². The third kappa shape index (κ3) is 2.58. The van der Waals surface area contributed by atoms with Crippen LogP contribution in [0.2, 0.25) is 0 Å². The first-order valence-corrected chi connectivity index (χ1v) is 7.15. The first-order chi connectivity index (χ1) is 9.74. The summed E-state index contributed by atoms with van der Waals surface area (Å²) in [5.74, 6) is -0.905. The Kier molecular flexibility index (Phi) is 3.52. The molecule has 1 aliphatic carbocycles. The second kappa shape index (κ2) is 5.46. The maximum atomic E-state index is 10.8. The summed E-state index contributed by atoms with van der Waals surface area (Å²) in [4.78, 5) is 17.3. The maximum absolute atomic E-state index is 10.8. The molecule has 1 heterocycles. The van der Waals surface area contributed by atoms with Crippen LogP contribution in [0.25, 0.3) is 0 Å². The number of hydrogen-bond acceptors (Lipinski definition) is 4. The van der Waals surface area contributed by atoms with Crippen molar-refractivity contribution < 1.29 is 14.7 Å². The maximum Gasteiger partial charge on any atom is 0.345 e. The second-order valence-electron chi connectivity index (χ2n) is 4.54. The SMILES string of the molecule is O=C(O)c1ccc(CON=C2CCc3ccccc32)s1. The van der Waals surface area contributed by atoms with Crippen molar-refractivity contribution in [2.24, 2.45) is 5.16 Å². The Hall–Kier alpha value is -2.14. The van der Waals surface area contributed by atoms with Gasteiger partial charge in [0, 0.05) is 10.4 Å². The lowest BCUT2D eigenvalue weighted by molar-refractivity contribution is 0.0702. The fourth-order valence-corrected chi connectivity index (χ4v) is 3.00. The molecule has 0 saturated heterocycles. The Bertz CT molecular complexity index is 675. The highest BCUT2D eigenvalue weighted by Gasteiger charge is 2.17. The van der Waals surface area contributed by atoms with E-state index in [2.05, 4.69) is 17.3 Å². The average Bonchev–Trinajstić information content (AvgIpc) is 3.06. The van der Waals surface area contributed by atoms with Crippen LogP contribution < -0.4 is 0 Å². The molecule has 1 aliphatic rings. The predicted octanol–water partition coefficient (Wildman–Crippen LogP) is 3.31. The monoisotopic (exact) mass is 287 g/mol. The van der Waals surface area contributed by atoms with Gasteiger partial charge in [0.15, 0.2) is 6.61 Å². The fraction of sp³-hybridized carbons (Fsp3) is 0.200. The van der Waals surface area contributed by atoms with Gasteiger partial charge in [-0.3, -0.25) is 0 Å². The van der Waals surface area contributed by atoms with Crippen molar-refractivity contribution in [3.63, 3.8) is 0 Å². The quantitative estimate of drug-likeness (QED) is 0.878. The van der Waals surface area contributed by atoms with Gasteiger partial charge in [0.1, 0.15) is 4.88 Å². The largest absolute Gasteiger partial charge is 0.477 e. The van der Waals surface area contributed by atoms with E-state index in [0.29, 0.717) is 11.5 Å². The summed E-state index contributed by atoms with van der Waals surface area (Å²) >= 11 is 1.22. The molecule has 0 atom stereocenters. The van der Waals surface area contributed by atoms with E-state index in [-0.39, 0.29) is 0 Å². The minimum atomic E-state index is -0.905. The second-order valence-corrected chi connectivity index (χ2v) is 5.71. The minimum absolute atomic E-state index is 0.309. The van der Waals surface area contributed by atoms with Crippen LogP contribution in [0.4, 0.5) is 0 Å². The third-order valence-electron chi connectivity index (χ3n) is 3.21. The summed E-state index contributed by atoms with van der Waals surface area (Å²) in [5, 5.41) is 13.0. The first-order valence-electron chi connectivity index (χ1n) is 6.33. The zero-order chi connectivity index (χ0) is 13.9. The van der Waals surface area contributed by atoms with Crippen LogP contribution in [0.15, 0.2) is 41.6 Å². The summed E-state index contributed by atoms with van der Waals surface area (Å²) in [7, 11) is 0. The van der Waals surface area contributed by atoms with E-state index in [1.54, 1.807) is 12.1 Å². The Morgan fingerprint density at radius 3 is 2.90 bits per heavy atom. The van der Waals surface area contributed by atoms with Gasteiger partial charge in [0.05, 0.1) is 5.71 Å². The topological polar surface area (TPSA) is 58.9 Å². The van der Waals surface area contributed by atoms with Crippen molar-refractivity contribution in [2.45, 2.75) is 19.4 Å². The summed E-state index contributed by atoms with van der Waals surface area (Å²) < 4.78 is 0. The Morgan fingerprint density at radius 2 is 2.10 bits per heavy atom. The van der Waals surface area contributed by atoms with Gasteiger partial charge in [0.25, 0.3) is 0 Å². The van der Waals surface area contributed by atoms with Gasteiger partial charge in [-0.15, -0.1) is 11.3 Å². The number of carboxylic acid groups (broad SMARTS) is 1. The molecule has 0 amide bonds. The molecule has 102 valence electrons. The van der Waals surface area contributed by atoms with Crippen LogP contribution >= 0.6 is 11.3 Å².